The third-order valence-corrected chi connectivity index (χ3v) is 6.30. The van der Waals surface area contributed by atoms with Crippen molar-refractivity contribution in [3.8, 4) is 0 Å². The summed E-state index contributed by atoms with van der Waals surface area (Å²) in [5, 5.41) is 7.01. The lowest BCUT2D eigenvalue weighted by Gasteiger charge is -2.26. The molecule has 1 unspecified atom stereocenters. The summed E-state index contributed by atoms with van der Waals surface area (Å²) in [5.41, 5.74) is 1.18. The zero-order chi connectivity index (χ0) is 21.3. The highest BCUT2D eigenvalue weighted by Gasteiger charge is 2.31. The van der Waals surface area contributed by atoms with Gasteiger partial charge in [0.25, 0.3) is 0 Å². The van der Waals surface area contributed by atoms with Crippen LogP contribution in [0.1, 0.15) is 49.8 Å². The van der Waals surface area contributed by atoms with Crippen LogP contribution in [-0.2, 0) is 17.8 Å². The summed E-state index contributed by atoms with van der Waals surface area (Å²) < 4.78 is 5.43. The minimum absolute atomic E-state index is 0.234. The molecular weight excluding hydrogens is 388 g/mol. The fraction of sp³-hybridized carbons (Fsp3) is 0.520. The van der Waals surface area contributed by atoms with E-state index in [1.807, 2.05) is 30.3 Å². The number of rotatable bonds is 7. The molecule has 1 saturated carbocycles. The van der Waals surface area contributed by atoms with Crippen LogP contribution in [-0.4, -0.2) is 42.4 Å². The molecule has 1 amide bonds. The average Bonchev–Trinajstić information content (AvgIpc) is 3.50. The van der Waals surface area contributed by atoms with Crippen LogP contribution in [0.2, 0.25) is 0 Å². The highest BCUT2D eigenvalue weighted by molar-refractivity contribution is 5.81. The lowest BCUT2D eigenvalue weighted by Crippen LogP contribution is -2.46. The second kappa shape index (κ2) is 11.0. The molecule has 1 aliphatic carbocycles. The zero-order valence-electron chi connectivity index (χ0n) is 18.3. The maximum atomic E-state index is 12.9. The highest BCUT2D eigenvalue weighted by atomic mass is 16.3. The summed E-state index contributed by atoms with van der Waals surface area (Å²) in [6.45, 7) is 2.96. The number of furan rings is 1. The second-order valence-electron chi connectivity index (χ2n) is 8.66. The first kappa shape index (κ1) is 21.5. The molecule has 0 bridgehead atoms. The summed E-state index contributed by atoms with van der Waals surface area (Å²) in [7, 11) is 0. The molecule has 6 heteroatoms. The van der Waals surface area contributed by atoms with Crippen LogP contribution in [0, 0.1) is 5.92 Å². The Hall–Kier alpha value is -2.76. The summed E-state index contributed by atoms with van der Waals surface area (Å²) in [6.07, 6.45) is 9.26. The molecule has 2 fully saturated rings. The molecule has 1 aromatic heterocycles. The van der Waals surface area contributed by atoms with Crippen molar-refractivity contribution in [3.05, 3.63) is 60.1 Å². The normalized spacial score (nSPS) is 20.1. The van der Waals surface area contributed by atoms with Gasteiger partial charge in [-0.25, -0.2) is 4.99 Å². The largest absolute Gasteiger partial charge is 0.469 e. The number of amides is 1. The standard InChI is InChI=1S/C25H34N4O2/c30-24(21-10-5-2-6-11-21)29-16-14-22(19-29)28-25(26-15-13-23-12-7-17-31-23)27-18-20-8-3-1-4-9-20/h1,3-4,7-9,12,17,21-22H,2,5-6,10-11,13-16,18-19H2,(H2,26,27,28). The van der Waals surface area contributed by atoms with Gasteiger partial charge in [0.2, 0.25) is 5.91 Å². The first-order chi connectivity index (χ1) is 15.3. The van der Waals surface area contributed by atoms with Crippen molar-refractivity contribution < 1.29 is 9.21 Å². The maximum absolute atomic E-state index is 12.9. The van der Waals surface area contributed by atoms with Crippen LogP contribution >= 0.6 is 0 Å². The quantitative estimate of drug-likeness (QED) is 0.527. The first-order valence-corrected chi connectivity index (χ1v) is 11.7. The molecular formula is C25H34N4O2. The van der Waals surface area contributed by atoms with Crippen molar-refractivity contribution in [2.24, 2.45) is 10.9 Å². The van der Waals surface area contributed by atoms with Gasteiger partial charge in [0.05, 0.1) is 12.8 Å². The molecule has 4 rings (SSSR count). The fourth-order valence-corrected chi connectivity index (χ4v) is 4.54. The Morgan fingerprint density at radius 3 is 2.68 bits per heavy atom. The Morgan fingerprint density at radius 2 is 1.90 bits per heavy atom. The molecule has 1 saturated heterocycles. The van der Waals surface area contributed by atoms with Gasteiger partial charge in [-0.2, -0.15) is 0 Å². The van der Waals surface area contributed by atoms with Gasteiger partial charge < -0.3 is 20.0 Å². The predicted molar refractivity (Wildman–Crippen MR) is 123 cm³/mol. The number of carbonyl (C=O) groups excluding carboxylic acids is 1. The van der Waals surface area contributed by atoms with E-state index in [4.69, 9.17) is 9.41 Å². The minimum Gasteiger partial charge on any atom is -0.469 e. The zero-order valence-corrected chi connectivity index (χ0v) is 18.3. The summed E-state index contributed by atoms with van der Waals surface area (Å²) in [6, 6.07) is 14.4. The molecule has 0 spiro atoms. The number of nitrogens with one attached hydrogen (secondary N) is 2. The Balaban J connectivity index is 1.32. The Kier molecular flexibility index (Phi) is 7.64. The molecule has 1 aliphatic heterocycles. The van der Waals surface area contributed by atoms with Gasteiger partial charge in [0, 0.05) is 38.0 Å². The molecule has 1 aromatic carbocycles. The molecule has 2 N–H and O–H groups in total. The van der Waals surface area contributed by atoms with Crippen LogP contribution in [0.4, 0.5) is 0 Å². The van der Waals surface area contributed by atoms with Crippen molar-refractivity contribution in [1.82, 2.24) is 15.5 Å². The number of benzene rings is 1. The van der Waals surface area contributed by atoms with E-state index in [0.29, 0.717) is 12.5 Å². The van der Waals surface area contributed by atoms with Crippen molar-refractivity contribution in [3.63, 3.8) is 0 Å². The first-order valence-electron chi connectivity index (χ1n) is 11.7. The van der Waals surface area contributed by atoms with Crippen LogP contribution in [0.5, 0.6) is 0 Å². The Labute approximate surface area is 185 Å². The van der Waals surface area contributed by atoms with Crippen LogP contribution < -0.4 is 10.6 Å². The van der Waals surface area contributed by atoms with Gasteiger partial charge in [-0.3, -0.25) is 4.79 Å². The molecule has 1 atom stereocenters. The number of aliphatic imine (C=N–C) groups is 1. The summed E-state index contributed by atoms with van der Waals surface area (Å²) in [5.74, 6) is 2.36. The smallest absolute Gasteiger partial charge is 0.225 e. The van der Waals surface area contributed by atoms with E-state index in [1.165, 1.54) is 24.8 Å². The molecule has 0 radical (unpaired) electrons. The second-order valence-corrected chi connectivity index (χ2v) is 8.66. The van der Waals surface area contributed by atoms with Gasteiger partial charge in [-0.15, -0.1) is 0 Å². The van der Waals surface area contributed by atoms with E-state index in [2.05, 4.69) is 27.7 Å². The topological polar surface area (TPSA) is 69.9 Å². The molecule has 2 heterocycles. The third kappa shape index (κ3) is 6.36. The summed E-state index contributed by atoms with van der Waals surface area (Å²) >= 11 is 0. The Morgan fingerprint density at radius 1 is 1.06 bits per heavy atom. The molecule has 2 aromatic rings. The van der Waals surface area contributed by atoms with Crippen LogP contribution in [0.3, 0.4) is 0 Å². The van der Waals surface area contributed by atoms with E-state index in [0.717, 1.165) is 57.0 Å². The number of nitrogens with zero attached hydrogens (tertiary/aromatic N) is 2. The number of guanidine groups is 1. The van der Waals surface area contributed by atoms with Gasteiger partial charge in [0.1, 0.15) is 5.76 Å². The molecule has 2 aliphatic rings. The van der Waals surface area contributed by atoms with Gasteiger partial charge >= 0.3 is 0 Å². The van der Waals surface area contributed by atoms with Crippen LogP contribution in [0.25, 0.3) is 0 Å². The monoisotopic (exact) mass is 422 g/mol. The minimum atomic E-state index is 0.234. The number of hydrogen-bond acceptors (Lipinski definition) is 3. The number of likely N-dealkylation sites (tertiary alicyclic amines) is 1. The third-order valence-electron chi connectivity index (χ3n) is 6.30. The van der Waals surface area contributed by atoms with Crippen molar-refractivity contribution in [1.29, 1.82) is 0 Å². The van der Waals surface area contributed by atoms with E-state index in [9.17, 15) is 4.79 Å². The SMILES string of the molecule is O=C(C1CCCCC1)N1CCC(NC(=NCc2ccccc2)NCCc2ccco2)C1. The predicted octanol–water partition coefficient (Wildman–Crippen LogP) is 3.74. The van der Waals surface area contributed by atoms with Crippen molar-refractivity contribution in [2.75, 3.05) is 19.6 Å². The highest BCUT2D eigenvalue weighted by Crippen LogP contribution is 2.26. The van der Waals surface area contributed by atoms with E-state index in [-0.39, 0.29) is 12.0 Å². The Bertz CT molecular complexity index is 828. The summed E-state index contributed by atoms with van der Waals surface area (Å²) in [4.78, 5) is 19.7. The fourth-order valence-electron chi connectivity index (χ4n) is 4.54. The van der Waals surface area contributed by atoms with Gasteiger partial charge in [0.15, 0.2) is 5.96 Å². The van der Waals surface area contributed by atoms with Crippen molar-refractivity contribution in [2.45, 2.75) is 57.5 Å². The molecule has 6 nitrogen and oxygen atoms in total. The number of hydrogen-bond donors (Lipinski definition) is 2. The van der Waals surface area contributed by atoms with Gasteiger partial charge in [-0.1, -0.05) is 49.6 Å². The van der Waals surface area contributed by atoms with E-state index < -0.39 is 0 Å². The van der Waals surface area contributed by atoms with E-state index >= 15 is 0 Å². The van der Waals surface area contributed by atoms with E-state index in [1.54, 1.807) is 6.26 Å². The lowest BCUT2D eigenvalue weighted by atomic mass is 9.88. The molecule has 31 heavy (non-hydrogen) atoms. The lowest BCUT2D eigenvalue weighted by molar-refractivity contribution is -0.135. The van der Waals surface area contributed by atoms with Gasteiger partial charge in [-0.05, 0) is 37.0 Å². The molecule has 166 valence electrons. The van der Waals surface area contributed by atoms with Crippen LogP contribution in [0.15, 0.2) is 58.1 Å². The average molecular weight is 423 g/mol. The van der Waals surface area contributed by atoms with Crippen molar-refractivity contribution >= 4 is 11.9 Å². The maximum Gasteiger partial charge on any atom is 0.225 e. The number of carbonyl (C=O) groups is 1.